The summed E-state index contributed by atoms with van der Waals surface area (Å²) in [6.45, 7) is 18.3. The Morgan fingerprint density at radius 2 is 1.40 bits per heavy atom. The maximum absolute atomic E-state index is 13.7. The quantitative estimate of drug-likeness (QED) is 0.134. The van der Waals surface area contributed by atoms with Gasteiger partial charge in [0.25, 0.3) is 0 Å². The third-order valence-electron chi connectivity index (χ3n) is 7.73. The highest BCUT2D eigenvalue weighted by Gasteiger charge is 2.61. The van der Waals surface area contributed by atoms with Gasteiger partial charge in [-0.05, 0) is 67.9 Å². The predicted octanol–water partition coefficient (Wildman–Crippen LogP) is 3.05. The predicted molar refractivity (Wildman–Crippen MR) is 146 cm³/mol. The Morgan fingerprint density at radius 3 is 1.85 bits per heavy atom. The number of rotatable bonds is 10. The minimum absolute atomic E-state index is 0.0413. The number of esters is 3. The number of hydrogen-bond donors (Lipinski definition) is 2. The molecule has 0 bridgehead atoms. The third-order valence-corrected chi connectivity index (χ3v) is 7.73. The van der Waals surface area contributed by atoms with Crippen LogP contribution in [0.15, 0.2) is 47.1 Å². The Bertz CT molecular complexity index is 1140. The summed E-state index contributed by atoms with van der Waals surface area (Å²) in [7, 11) is 0. The number of aliphatic hydroxyl groups is 2. The molecule has 2 fully saturated rings. The first-order valence-electron chi connectivity index (χ1n) is 13.3. The van der Waals surface area contributed by atoms with Gasteiger partial charge in [0.05, 0.1) is 17.6 Å². The molecule has 0 aromatic rings. The van der Waals surface area contributed by atoms with E-state index < -0.39 is 65.2 Å². The zero-order valence-electron chi connectivity index (χ0n) is 24.8. The van der Waals surface area contributed by atoms with E-state index in [0.29, 0.717) is 5.57 Å². The fraction of sp³-hybridized carbons (Fsp3) is 0.600. The van der Waals surface area contributed by atoms with Crippen molar-refractivity contribution in [1.82, 2.24) is 0 Å². The third kappa shape index (κ3) is 6.97. The maximum Gasteiger partial charge on any atom is 0.334 e. The lowest BCUT2D eigenvalue weighted by atomic mass is 9.68. The van der Waals surface area contributed by atoms with Crippen molar-refractivity contribution in [2.24, 2.45) is 5.92 Å². The molecule has 1 heterocycles. The molecule has 1 aliphatic carbocycles. The van der Waals surface area contributed by atoms with Crippen molar-refractivity contribution in [2.75, 3.05) is 0 Å². The lowest BCUT2D eigenvalue weighted by molar-refractivity contribution is -0.210. The first kappa shape index (κ1) is 33.1. The second-order valence-electron chi connectivity index (χ2n) is 11.0. The van der Waals surface area contributed by atoms with Crippen LogP contribution < -0.4 is 0 Å². The van der Waals surface area contributed by atoms with Gasteiger partial charge in [-0.3, -0.25) is 4.79 Å². The van der Waals surface area contributed by atoms with Gasteiger partial charge in [-0.1, -0.05) is 24.8 Å². The topological polar surface area (TPSA) is 149 Å². The van der Waals surface area contributed by atoms with Crippen molar-refractivity contribution in [2.45, 2.75) is 110 Å². The Morgan fingerprint density at radius 1 is 0.950 bits per heavy atom. The summed E-state index contributed by atoms with van der Waals surface area (Å²) in [4.78, 5) is 51.9. The lowest BCUT2D eigenvalue weighted by Gasteiger charge is -2.47. The van der Waals surface area contributed by atoms with Crippen molar-refractivity contribution in [3.63, 3.8) is 0 Å². The summed E-state index contributed by atoms with van der Waals surface area (Å²) >= 11 is 0. The van der Waals surface area contributed by atoms with E-state index in [1.165, 1.54) is 26.0 Å². The van der Waals surface area contributed by atoms with Gasteiger partial charge in [0.15, 0.2) is 17.8 Å². The number of carbonyl (C=O) groups excluding carboxylic acids is 4. The van der Waals surface area contributed by atoms with Crippen molar-refractivity contribution < 1.29 is 48.3 Å². The molecule has 0 amide bonds. The molecule has 0 aromatic heterocycles. The number of Topliss-reactive ketones (excluding diaryl/α,β-unsaturated/α-hetero) is 1. The standard InChI is InChI=1S/C30H42O10/c1-11-15(4)26(33)37-19(14-20-29(8,9)40-20)18(7)21-22(31)25(39-28(35)17(6)13-3)30(10,36)24(32)23(21)38-27(34)16(5)12-2/h11-13,19-23,25,31,36H,7,14H2,1-6,8-10H3. The van der Waals surface area contributed by atoms with Crippen LogP contribution in [0, 0.1) is 5.92 Å². The van der Waals surface area contributed by atoms with Gasteiger partial charge in [0, 0.05) is 23.1 Å². The Hall–Kier alpha value is -3.08. The SMILES string of the molecule is C=C(C(CC1OC1(C)C)OC(=O)C(C)=CC)C1C(OC(=O)C(C)=CC)C(=O)C(C)(O)C(OC(=O)C(C)=CC)C1O. The summed E-state index contributed by atoms with van der Waals surface area (Å²) in [5.41, 5.74) is -2.20. The average Bonchev–Trinajstić information content (AvgIpc) is 3.52. The molecule has 2 rings (SSSR count). The van der Waals surface area contributed by atoms with Gasteiger partial charge in [0.1, 0.15) is 12.2 Å². The van der Waals surface area contributed by atoms with Crippen LogP contribution in [0.2, 0.25) is 0 Å². The Kier molecular flexibility index (Phi) is 10.4. The van der Waals surface area contributed by atoms with Crippen LogP contribution in [0.5, 0.6) is 0 Å². The van der Waals surface area contributed by atoms with Gasteiger partial charge < -0.3 is 29.2 Å². The first-order valence-corrected chi connectivity index (χ1v) is 13.3. The second kappa shape index (κ2) is 12.6. The molecule has 10 heteroatoms. The molecular formula is C30H42O10. The highest BCUT2D eigenvalue weighted by Crippen LogP contribution is 2.44. The van der Waals surface area contributed by atoms with Crippen LogP contribution in [0.1, 0.15) is 68.7 Å². The number of ketones is 1. The summed E-state index contributed by atoms with van der Waals surface area (Å²) in [6.07, 6.45) is -1.99. The van der Waals surface area contributed by atoms with Crippen molar-refractivity contribution in [3.8, 4) is 0 Å². The average molecular weight is 563 g/mol. The van der Waals surface area contributed by atoms with Crippen LogP contribution in [-0.4, -0.2) is 75.6 Å². The fourth-order valence-corrected chi connectivity index (χ4v) is 4.36. The van der Waals surface area contributed by atoms with E-state index in [9.17, 15) is 29.4 Å². The summed E-state index contributed by atoms with van der Waals surface area (Å²) < 4.78 is 22.4. The van der Waals surface area contributed by atoms with Gasteiger partial charge in [-0.2, -0.15) is 0 Å². The molecule has 0 spiro atoms. The number of allylic oxidation sites excluding steroid dienone is 3. The Labute approximate surface area is 235 Å². The smallest absolute Gasteiger partial charge is 0.334 e. The zero-order valence-corrected chi connectivity index (χ0v) is 24.8. The summed E-state index contributed by atoms with van der Waals surface area (Å²) in [5, 5.41) is 22.8. The minimum atomic E-state index is -2.43. The lowest BCUT2D eigenvalue weighted by Crippen LogP contribution is -2.68. The molecular weight excluding hydrogens is 520 g/mol. The van der Waals surface area contributed by atoms with E-state index in [4.69, 9.17) is 18.9 Å². The van der Waals surface area contributed by atoms with E-state index in [2.05, 4.69) is 6.58 Å². The van der Waals surface area contributed by atoms with Gasteiger partial charge in [-0.15, -0.1) is 0 Å². The van der Waals surface area contributed by atoms with Gasteiger partial charge in [-0.25, -0.2) is 14.4 Å². The van der Waals surface area contributed by atoms with Gasteiger partial charge >= 0.3 is 17.9 Å². The number of carbonyl (C=O) groups is 4. The number of ether oxygens (including phenoxy) is 4. The summed E-state index contributed by atoms with van der Waals surface area (Å²) in [5.74, 6) is -4.78. The summed E-state index contributed by atoms with van der Waals surface area (Å²) in [6, 6.07) is 0. The zero-order chi connectivity index (χ0) is 30.7. The van der Waals surface area contributed by atoms with E-state index in [-0.39, 0.29) is 29.2 Å². The van der Waals surface area contributed by atoms with Crippen LogP contribution in [0.25, 0.3) is 0 Å². The molecule has 2 N–H and O–H groups in total. The fourth-order valence-electron chi connectivity index (χ4n) is 4.36. The van der Waals surface area contributed by atoms with Crippen molar-refractivity contribution in [1.29, 1.82) is 0 Å². The molecule has 1 aliphatic heterocycles. The van der Waals surface area contributed by atoms with E-state index in [1.807, 2.05) is 13.8 Å². The molecule has 1 saturated heterocycles. The number of hydrogen-bond acceptors (Lipinski definition) is 10. The van der Waals surface area contributed by atoms with E-state index >= 15 is 0 Å². The normalized spacial score (nSPS) is 31.2. The minimum Gasteiger partial charge on any atom is -0.454 e. The molecule has 222 valence electrons. The second-order valence-corrected chi connectivity index (χ2v) is 11.0. The molecule has 7 unspecified atom stereocenters. The molecule has 1 saturated carbocycles. The van der Waals surface area contributed by atoms with Gasteiger partial charge in [0.2, 0.25) is 5.78 Å². The largest absolute Gasteiger partial charge is 0.454 e. The van der Waals surface area contributed by atoms with Crippen molar-refractivity contribution in [3.05, 3.63) is 47.1 Å². The number of epoxide rings is 1. The molecule has 0 radical (unpaired) electrons. The monoisotopic (exact) mass is 562 g/mol. The molecule has 7 atom stereocenters. The highest BCUT2D eigenvalue weighted by atomic mass is 16.6. The Balaban J connectivity index is 2.60. The molecule has 40 heavy (non-hydrogen) atoms. The first-order chi connectivity index (χ1) is 18.4. The number of aliphatic hydroxyl groups excluding tert-OH is 1. The van der Waals surface area contributed by atoms with E-state index in [1.54, 1.807) is 33.8 Å². The molecule has 0 aromatic carbocycles. The highest BCUT2D eigenvalue weighted by molar-refractivity contribution is 5.97. The maximum atomic E-state index is 13.7. The van der Waals surface area contributed by atoms with Crippen LogP contribution in [0.4, 0.5) is 0 Å². The van der Waals surface area contributed by atoms with Crippen LogP contribution >= 0.6 is 0 Å². The van der Waals surface area contributed by atoms with Crippen LogP contribution in [-0.2, 0) is 38.1 Å². The molecule has 10 nitrogen and oxygen atoms in total. The van der Waals surface area contributed by atoms with Crippen LogP contribution in [0.3, 0.4) is 0 Å². The van der Waals surface area contributed by atoms with E-state index in [0.717, 1.165) is 6.92 Å². The molecule has 2 aliphatic rings. The van der Waals surface area contributed by atoms with Crippen molar-refractivity contribution >= 4 is 23.7 Å².